The van der Waals surface area contributed by atoms with E-state index in [9.17, 15) is 4.79 Å². The molecule has 0 bridgehead atoms. The summed E-state index contributed by atoms with van der Waals surface area (Å²) in [5.41, 5.74) is 2.37. The Hall–Kier alpha value is -2.04. The molecule has 1 amide bonds. The molecule has 5 nitrogen and oxygen atoms in total. The average molecular weight is 342 g/mol. The molecule has 1 aliphatic heterocycles. The molecule has 0 atom stereocenters. The van der Waals surface area contributed by atoms with Gasteiger partial charge in [-0.1, -0.05) is 31.0 Å². The van der Waals surface area contributed by atoms with Crippen molar-refractivity contribution >= 4 is 17.6 Å². The van der Waals surface area contributed by atoms with Gasteiger partial charge in [-0.2, -0.15) is 0 Å². The number of guanidine groups is 1. The van der Waals surface area contributed by atoms with E-state index in [-0.39, 0.29) is 5.91 Å². The zero-order chi connectivity index (χ0) is 17.5. The van der Waals surface area contributed by atoms with Crippen LogP contribution in [0.1, 0.15) is 51.0 Å². The highest BCUT2D eigenvalue weighted by molar-refractivity contribution is 5.95. The Labute approximate surface area is 150 Å². The number of rotatable bonds is 6. The number of para-hydroxylation sites is 1. The molecule has 1 fully saturated rings. The van der Waals surface area contributed by atoms with Crippen LogP contribution >= 0.6 is 0 Å². The second-order valence-electron chi connectivity index (χ2n) is 6.91. The highest BCUT2D eigenvalue weighted by atomic mass is 16.2. The number of anilines is 1. The SMILES string of the molecule is CCNC(=NCCCC(=O)N1CCc2ccccc21)NC1CCCC1. The van der Waals surface area contributed by atoms with Gasteiger partial charge >= 0.3 is 0 Å². The zero-order valence-electron chi connectivity index (χ0n) is 15.3. The highest BCUT2D eigenvalue weighted by Crippen LogP contribution is 2.28. The fourth-order valence-corrected chi connectivity index (χ4v) is 3.74. The number of aliphatic imine (C=N–C) groups is 1. The summed E-state index contributed by atoms with van der Waals surface area (Å²) in [5.74, 6) is 1.11. The maximum absolute atomic E-state index is 12.5. The molecule has 0 saturated heterocycles. The third-order valence-electron chi connectivity index (χ3n) is 5.05. The Morgan fingerprint density at radius 1 is 1.28 bits per heavy atom. The molecule has 136 valence electrons. The Morgan fingerprint density at radius 2 is 2.08 bits per heavy atom. The van der Waals surface area contributed by atoms with Gasteiger partial charge < -0.3 is 15.5 Å². The first-order valence-electron chi connectivity index (χ1n) is 9.71. The van der Waals surface area contributed by atoms with Crippen molar-refractivity contribution in [3.8, 4) is 0 Å². The molecular formula is C20H30N4O. The standard InChI is InChI=1S/C20H30N4O/c1-2-21-20(23-17-9-4-5-10-17)22-14-7-12-19(25)24-15-13-16-8-3-6-11-18(16)24/h3,6,8,11,17H,2,4-5,7,9-10,12-15H2,1H3,(H2,21,22,23). The molecule has 2 N–H and O–H groups in total. The van der Waals surface area contributed by atoms with Gasteiger partial charge in [0, 0.05) is 37.8 Å². The third kappa shape index (κ3) is 4.74. The fourth-order valence-electron chi connectivity index (χ4n) is 3.74. The van der Waals surface area contributed by atoms with Crippen molar-refractivity contribution in [1.29, 1.82) is 0 Å². The highest BCUT2D eigenvalue weighted by Gasteiger charge is 2.23. The molecule has 3 rings (SSSR count). The summed E-state index contributed by atoms with van der Waals surface area (Å²) in [6.45, 7) is 4.44. The van der Waals surface area contributed by atoms with Gasteiger partial charge in [-0.15, -0.1) is 0 Å². The number of carbonyl (C=O) groups excluding carboxylic acids is 1. The van der Waals surface area contributed by atoms with Crippen molar-refractivity contribution in [3.63, 3.8) is 0 Å². The molecule has 1 aromatic rings. The Bertz CT molecular complexity index is 607. The van der Waals surface area contributed by atoms with Crippen LogP contribution in [-0.4, -0.2) is 37.5 Å². The van der Waals surface area contributed by atoms with E-state index in [2.05, 4.69) is 28.6 Å². The van der Waals surface area contributed by atoms with Crippen LogP contribution in [0.5, 0.6) is 0 Å². The molecular weight excluding hydrogens is 312 g/mol. The van der Waals surface area contributed by atoms with E-state index >= 15 is 0 Å². The molecule has 1 aliphatic carbocycles. The summed E-state index contributed by atoms with van der Waals surface area (Å²) in [4.78, 5) is 19.1. The predicted molar refractivity (Wildman–Crippen MR) is 103 cm³/mol. The summed E-state index contributed by atoms with van der Waals surface area (Å²) in [6.07, 6.45) is 7.40. The summed E-state index contributed by atoms with van der Waals surface area (Å²) in [7, 11) is 0. The number of hydrogen-bond acceptors (Lipinski definition) is 2. The van der Waals surface area contributed by atoms with Crippen molar-refractivity contribution in [2.24, 2.45) is 4.99 Å². The minimum Gasteiger partial charge on any atom is -0.357 e. The number of nitrogens with zero attached hydrogens (tertiary/aromatic N) is 2. The normalized spacial score (nSPS) is 17.6. The zero-order valence-corrected chi connectivity index (χ0v) is 15.3. The van der Waals surface area contributed by atoms with E-state index in [0.717, 1.165) is 37.6 Å². The van der Waals surface area contributed by atoms with E-state index in [1.165, 1.54) is 31.2 Å². The lowest BCUT2D eigenvalue weighted by molar-refractivity contribution is -0.118. The monoisotopic (exact) mass is 342 g/mol. The first-order chi connectivity index (χ1) is 12.3. The second kappa shape index (κ2) is 8.88. The molecule has 1 saturated carbocycles. The molecule has 25 heavy (non-hydrogen) atoms. The fraction of sp³-hybridized carbons (Fsp3) is 0.600. The van der Waals surface area contributed by atoms with Gasteiger partial charge in [0.15, 0.2) is 5.96 Å². The summed E-state index contributed by atoms with van der Waals surface area (Å²) in [6, 6.07) is 8.77. The summed E-state index contributed by atoms with van der Waals surface area (Å²) < 4.78 is 0. The third-order valence-corrected chi connectivity index (χ3v) is 5.05. The van der Waals surface area contributed by atoms with Crippen LogP contribution in [-0.2, 0) is 11.2 Å². The smallest absolute Gasteiger partial charge is 0.227 e. The minimum absolute atomic E-state index is 0.217. The average Bonchev–Trinajstić information content (AvgIpc) is 3.28. The Morgan fingerprint density at radius 3 is 2.88 bits per heavy atom. The first-order valence-corrected chi connectivity index (χ1v) is 9.71. The van der Waals surface area contributed by atoms with Crippen molar-refractivity contribution in [2.75, 3.05) is 24.5 Å². The molecule has 1 aromatic carbocycles. The van der Waals surface area contributed by atoms with Gasteiger partial charge in [-0.3, -0.25) is 9.79 Å². The van der Waals surface area contributed by atoms with Crippen LogP contribution in [0.2, 0.25) is 0 Å². The molecule has 0 radical (unpaired) electrons. The number of amides is 1. The molecule has 0 unspecified atom stereocenters. The maximum atomic E-state index is 12.5. The lowest BCUT2D eigenvalue weighted by atomic mass is 10.2. The topological polar surface area (TPSA) is 56.7 Å². The summed E-state index contributed by atoms with van der Waals surface area (Å²) >= 11 is 0. The van der Waals surface area contributed by atoms with Gasteiger partial charge in [-0.25, -0.2) is 0 Å². The van der Waals surface area contributed by atoms with Gasteiger partial charge in [0.25, 0.3) is 0 Å². The van der Waals surface area contributed by atoms with E-state index in [0.29, 0.717) is 19.0 Å². The van der Waals surface area contributed by atoms with Crippen molar-refractivity contribution in [1.82, 2.24) is 10.6 Å². The number of benzene rings is 1. The van der Waals surface area contributed by atoms with Crippen molar-refractivity contribution in [3.05, 3.63) is 29.8 Å². The Kier molecular flexibility index (Phi) is 6.31. The lowest BCUT2D eigenvalue weighted by Crippen LogP contribution is -2.42. The first kappa shape index (κ1) is 17.8. The van der Waals surface area contributed by atoms with E-state index in [4.69, 9.17) is 0 Å². The quantitative estimate of drug-likeness (QED) is 0.475. The van der Waals surface area contributed by atoms with Gasteiger partial charge in [-0.05, 0) is 44.2 Å². The lowest BCUT2D eigenvalue weighted by Gasteiger charge is -2.18. The van der Waals surface area contributed by atoms with Gasteiger partial charge in [0.1, 0.15) is 0 Å². The molecule has 1 heterocycles. The molecule has 0 aromatic heterocycles. The maximum Gasteiger partial charge on any atom is 0.227 e. The van der Waals surface area contributed by atoms with Crippen molar-refractivity contribution in [2.45, 2.75) is 57.9 Å². The van der Waals surface area contributed by atoms with E-state index in [1.54, 1.807) is 0 Å². The second-order valence-corrected chi connectivity index (χ2v) is 6.91. The van der Waals surface area contributed by atoms with Crippen LogP contribution in [0, 0.1) is 0 Å². The minimum atomic E-state index is 0.217. The van der Waals surface area contributed by atoms with Gasteiger partial charge in [0.2, 0.25) is 5.91 Å². The van der Waals surface area contributed by atoms with E-state index < -0.39 is 0 Å². The number of nitrogens with one attached hydrogen (secondary N) is 2. The van der Waals surface area contributed by atoms with Crippen LogP contribution in [0.3, 0.4) is 0 Å². The van der Waals surface area contributed by atoms with E-state index in [1.807, 2.05) is 23.1 Å². The number of fused-ring (bicyclic) bond motifs is 1. The van der Waals surface area contributed by atoms with Crippen LogP contribution in [0.25, 0.3) is 0 Å². The number of carbonyl (C=O) groups is 1. The largest absolute Gasteiger partial charge is 0.357 e. The number of hydrogen-bond donors (Lipinski definition) is 2. The van der Waals surface area contributed by atoms with Crippen LogP contribution < -0.4 is 15.5 Å². The van der Waals surface area contributed by atoms with Crippen molar-refractivity contribution < 1.29 is 4.79 Å². The molecule has 2 aliphatic rings. The predicted octanol–water partition coefficient (Wildman–Crippen LogP) is 2.85. The van der Waals surface area contributed by atoms with Gasteiger partial charge in [0.05, 0.1) is 0 Å². The molecule has 5 heteroatoms. The Balaban J connectivity index is 1.45. The summed E-state index contributed by atoms with van der Waals surface area (Å²) in [5, 5.41) is 6.83. The van der Waals surface area contributed by atoms with Crippen LogP contribution in [0.4, 0.5) is 5.69 Å². The van der Waals surface area contributed by atoms with Crippen LogP contribution in [0.15, 0.2) is 29.3 Å². The molecule has 0 spiro atoms.